The van der Waals surface area contributed by atoms with Gasteiger partial charge in [-0.2, -0.15) is 0 Å². The molecule has 1 aromatic heterocycles. The maximum atomic E-state index is 12.1. The van der Waals surface area contributed by atoms with Crippen molar-refractivity contribution in [2.24, 2.45) is 0 Å². The highest BCUT2D eigenvalue weighted by Gasteiger charge is 2.23. The zero-order chi connectivity index (χ0) is 13.1. The maximum absolute atomic E-state index is 12.1. The summed E-state index contributed by atoms with van der Waals surface area (Å²) in [7, 11) is 0. The smallest absolute Gasteiger partial charge is 0.244 e. The lowest BCUT2D eigenvalue weighted by molar-refractivity contribution is -0.130. The number of pyridine rings is 1. The summed E-state index contributed by atoms with van der Waals surface area (Å²) in [5.41, 5.74) is 0. The molecule has 1 aliphatic rings. The van der Waals surface area contributed by atoms with E-state index < -0.39 is 0 Å². The number of nitrogens with zero attached hydrogens (tertiary/aromatic N) is 2. The predicted octanol–water partition coefficient (Wildman–Crippen LogP) is 2.81. The van der Waals surface area contributed by atoms with Gasteiger partial charge in [0.1, 0.15) is 11.9 Å². The van der Waals surface area contributed by atoms with Gasteiger partial charge in [-0.3, -0.25) is 4.79 Å². The van der Waals surface area contributed by atoms with Crippen molar-refractivity contribution in [3.8, 4) is 0 Å². The van der Waals surface area contributed by atoms with Gasteiger partial charge < -0.3 is 10.2 Å². The van der Waals surface area contributed by atoms with E-state index in [2.05, 4.69) is 10.3 Å². The molecule has 4 nitrogen and oxygen atoms in total. The van der Waals surface area contributed by atoms with Crippen LogP contribution in [-0.4, -0.2) is 34.9 Å². The van der Waals surface area contributed by atoms with Crippen LogP contribution in [0.3, 0.4) is 0 Å². The molecule has 1 N–H and O–H groups in total. The molecule has 0 aliphatic carbocycles. The molecule has 1 amide bonds. The molecular formula is C12H15Cl2N3O. The van der Waals surface area contributed by atoms with Crippen LogP contribution in [0.15, 0.2) is 12.3 Å². The van der Waals surface area contributed by atoms with Crippen molar-refractivity contribution in [3.05, 3.63) is 22.3 Å². The average molecular weight is 288 g/mol. The quantitative estimate of drug-likeness (QED) is 0.930. The second-order valence-corrected chi connectivity index (χ2v) is 5.23. The lowest BCUT2D eigenvalue weighted by Crippen LogP contribution is -2.39. The number of aromatic nitrogens is 1. The summed E-state index contributed by atoms with van der Waals surface area (Å²) in [5, 5.41) is 3.92. The SMILES string of the molecule is CC(Nc1ncc(Cl)cc1Cl)C(=O)N1CCCC1. The van der Waals surface area contributed by atoms with Crippen molar-refractivity contribution >= 4 is 34.9 Å². The summed E-state index contributed by atoms with van der Waals surface area (Å²) in [6, 6.07) is 1.26. The molecule has 18 heavy (non-hydrogen) atoms. The molecular weight excluding hydrogens is 273 g/mol. The molecule has 1 fully saturated rings. The molecule has 1 atom stereocenters. The Morgan fingerprint density at radius 2 is 2.11 bits per heavy atom. The van der Waals surface area contributed by atoms with Crippen LogP contribution in [0, 0.1) is 0 Å². The Morgan fingerprint density at radius 1 is 1.44 bits per heavy atom. The van der Waals surface area contributed by atoms with E-state index in [1.54, 1.807) is 6.07 Å². The number of hydrogen-bond donors (Lipinski definition) is 1. The minimum absolute atomic E-state index is 0.0836. The molecule has 2 rings (SSSR count). The Bertz CT molecular complexity index is 447. The second-order valence-electron chi connectivity index (χ2n) is 4.38. The monoisotopic (exact) mass is 287 g/mol. The van der Waals surface area contributed by atoms with Crippen LogP contribution in [0.4, 0.5) is 5.82 Å². The maximum Gasteiger partial charge on any atom is 0.244 e. The lowest BCUT2D eigenvalue weighted by Gasteiger charge is -2.21. The fourth-order valence-corrected chi connectivity index (χ4v) is 2.43. The lowest BCUT2D eigenvalue weighted by atomic mass is 10.3. The number of nitrogens with one attached hydrogen (secondary N) is 1. The second kappa shape index (κ2) is 5.76. The highest BCUT2D eigenvalue weighted by atomic mass is 35.5. The first-order chi connectivity index (χ1) is 8.58. The minimum atomic E-state index is -0.339. The van der Waals surface area contributed by atoms with E-state index in [1.807, 2.05) is 11.8 Å². The summed E-state index contributed by atoms with van der Waals surface area (Å²) in [5.74, 6) is 0.571. The first-order valence-electron chi connectivity index (χ1n) is 5.94. The third kappa shape index (κ3) is 3.06. The number of hydrogen-bond acceptors (Lipinski definition) is 3. The van der Waals surface area contributed by atoms with E-state index in [1.165, 1.54) is 6.20 Å². The average Bonchev–Trinajstić information content (AvgIpc) is 2.85. The van der Waals surface area contributed by atoms with Crippen LogP contribution in [-0.2, 0) is 4.79 Å². The fourth-order valence-electron chi connectivity index (χ4n) is 2.00. The third-order valence-electron chi connectivity index (χ3n) is 2.95. The van der Waals surface area contributed by atoms with E-state index in [9.17, 15) is 4.79 Å². The van der Waals surface area contributed by atoms with Gasteiger partial charge in [0.25, 0.3) is 0 Å². The van der Waals surface area contributed by atoms with E-state index in [0.29, 0.717) is 15.9 Å². The van der Waals surface area contributed by atoms with Crippen molar-refractivity contribution in [2.75, 3.05) is 18.4 Å². The Kier molecular flexibility index (Phi) is 4.30. The van der Waals surface area contributed by atoms with Gasteiger partial charge in [-0.15, -0.1) is 0 Å². The molecule has 0 saturated carbocycles. The van der Waals surface area contributed by atoms with E-state index in [0.717, 1.165) is 25.9 Å². The molecule has 2 heterocycles. The highest BCUT2D eigenvalue weighted by molar-refractivity contribution is 6.36. The zero-order valence-electron chi connectivity index (χ0n) is 10.1. The van der Waals surface area contributed by atoms with E-state index >= 15 is 0 Å². The number of likely N-dealkylation sites (tertiary alicyclic amines) is 1. The molecule has 0 radical (unpaired) electrons. The summed E-state index contributed by atoms with van der Waals surface area (Å²) in [6.07, 6.45) is 3.67. The Hall–Kier alpha value is -1.00. The third-order valence-corrected chi connectivity index (χ3v) is 3.44. The van der Waals surface area contributed by atoms with Gasteiger partial charge in [0.05, 0.1) is 10.0 Å². The fraction of sp³-hybridized carbons (Fsp3) is 0.500. The van der Waals surface area contributed by atoms with E-state index in [-0.39, 0.29) is 11.9 Å². The van der Waals surface area contributed by atoms with Crippen molar-refractivity contribution < 1.29 is 4.79 Å². The summed E-state index contributed by atoms with van der Waals surface area (Å²) >= 11 is 11.8. The van der Waals surface area contributed by atoms with Crippen molar-refractivity contribution in [2.45, 2.75) is 25.8 Å². The Balaban J connectivity index is 2.01. The molecule has 0 bridgehead atoms. The molecule has 0 aromatic carbocycles. The largest absolute Gasteiger partial charge is 0.357 e. The van der Waals surface area contributed by atoms with Crippen molar-refractivity contribution in [1.82, 2.24) is 9.88 Å². The Labute approximate surface area is 116 Å². The van der Waals surface area contributed by atoms with Gasteiger partial charge in [-0.1, -0.05) is 23.2 Å². The molecule has 1 aromatic rings. The minimum Gasteiger partial charge on any atom is -0.357 e. The first kappa shape index (κ1) is 13.4. The molecule has 1 saturated heterocycles. The van der Waals surface area contributed by atoms with Gasteiger partial charge in [0.2, 0.25) is 5.91 Å². The summed E-state index contributed by atoms with van der Waals surface area (Å²) in [6.45, 7) is 3.49. The number of amides is 1. The Morgan fingerprint density at radius 3 is 2.72 bits per heavy atom. The molecule has 1 aliphatic heterocycles. The van der Waals surface area contributed by atoms with Gasteiger partial charge in [-0.05, 0) is 25.8 Å². The summed E-state index contributed by atoms with van der Waals surface area (Å²) in [4.78, 5) is 18.0. The zero-order valence-corrected chi connectivity index (χ0v) is 11.6. The summed E-state index contributed by atoms with van der Waals surface area (Å²) < 4.78 is 0. The molecule has 1 unspecified atom stereocenters. The van der Waals surface area contributed by atoms with Crippen LogP contribution in [0.2, 0.25) is 10.0 Å². The molecule has 6 heteroatoms. The van der Waals surface area contributed by atoms with Crippen LogP contribution < -0.4 is 5.32 Å². The van der Waals surface area contributed by atoms with Crippen molar-refractivity contribution in [1.29, 1.82) is 0 Å². The van der Waals surface area contributed by atoms with Crippen LogP contribution in [0.1, 0.15) is 19.8 Å². The molecule has 0 spiro atoms. The number of rotatable bonds is 3. The number of carbonyl (C=O) groups is 1. The van der Waals surface area contributed by atoms with Crippen LogP contribution in [0.5, 0.6) is 0 Å². The van der Waals surface area contributed by atoms with Crippen molar-refractivity contribution in [3.63, 3.8) is 0 Å². The van der Waals surface area contributed by atoms with Crippen LogP contribution in [0.25, 0.3) is 0 Å². The standard InChI is InChI=1S/C12H15Cl2N3O/c1-8(12(18)17-4-2-3-5-17)16-11-10(14)6-9(13)7-15-11/h6-8H,2-5H2,1H3,(H,15,16). The number of carbonyl (C=O) groups excluding carboxylic acids is 1. The topological polar surface area (TPSA) is 45.2 Å². The highest BCUT2D eigenvalue weighted by Crippen LogP contribution is 2.23. The molecule has 98 valence electrons. The normalized spacial score (nSPS) is 16.7. The number of halogens is 2. The number of anilines is 1. The predicted molar refractivity (Wildman–Crippen MR) is 73.2 cm³/mol. The van der Waals surface area contributed by atoms with Gasteiger partial charge in [0, 0.05) is 19.3 Å². The van der Waals surface area contributed by atoms with Crippen LogP contribution >= 0.6 is 23.2 Å². The van der Waals surface area contributed by atoms with Gasteiger partial charge in [-0.25, -0.2) is 4.98 Å². The van der Waals surface area contributed by atoms with E-state index in [4.69, 9.17) is 23.2 Å². The first-order valence-corrected chi connectivity index (χ1v) is 6.70. The van der Waals surface area contributed by atoms with Gasteiger partial charge in [0.15, 0.2) is 0 Å². The van der Waals surface area contributed by atoms with Gasteiger partial charge >= 0.3 is 0 Å².